The van der Waals surface area contributed by atoms with Crippen LogP contribution in [0.5, 0.6) is 0 Å². The van der Waals surface area contributed by atoms with Crippen molar-refractivity contribution >= 4 is 27.3 Å². The Labute approximate surface area is 129 Å². The second kappa shape index (κ2) is 6.59. The molecule has 0 atom stereocenters. The van der Waals surface area contributed by atoms with Gasteiger partial charge in [-0.05, 0) is 13.8 Å². The van der Waals surface area contributed by atoms with E-state index < -0.39 is 21.1 Å². The highest BCUT2D eigenvalue weighted by Gasteiger charge is 2.22. The van der Waals surface area contributed by atoms with E-state index in [2.05, 4.69) is 21.7 Å². The highest BCUT2D eigenvalue weighted by molar-refractivity contribution is 7.88. The van der Waals surface area contributed by atoms with E-state index in [0.717, 1.165) is 6.26 Å². The smallest absolute Gasteiger partial charge is 0.287 e. The molecule has 0 spiro atoms. The molecular formula is C12H19ClN4O3S. The monoisotopic (exact) mass is 334 g/mol. The molecule has 0 aromatic carbocycles. The molecule has 1 rings (SSSR count). The summed E-state index contributed by atoms with van der Waals surface area (Å²) in [5, 5.41) is 6.88. The average Bonchev–Trinajstić information content (AvgIpc) is 2.31. The summed E-state index contributed by atoms with van der Waals surface area (Å²) in [6.45, 7) is 7.45. The molecule has 1 heterocycles. The SMILES string of the molecule is C=CCn1ncc(NCC(C)(C)NS(C)(=O)=O)c(Cl)c1=O. The number of allylic oxidation sites excluding steroid dienone is 1. The lowest BCUT2D eigenvalue weighted by molar-refractivity contribution is 0.476. The van der Waals surface area contributed by atoms with Gasteiger partial charge >= 0.3 is 0 Å². The summed E-state index contributed by atoms with van der Waals surface area (Å²) < 4.78 is 26.2. The molecule has 9 heteroatoms. The number of halogens is 1. The van der Waals surface area contributed by atoms with Gasteiger partial charge in [-0.1, -0.05) is 17.7 Å². The third-order valence-corrected chi connectivity index (χ3v) is 3.76. The highest BCUT2D eigenvalue weighted by Crippen LogP contribution is 2.16. The van der Waals surface area contributed by atoms with Gasteiger partial charge < -0.3 is 5.32 Å². The molecule has 0 radical (unpaired) electrons. The largest absolute Gasteiger partial charge is 0.381 e. The molecule has 0 saturated carbocycles. The summed E-state index contributed by atoms with van der Waals surface area (Å²) in [6.07, 6.45) is 4.04. The van der Waals surface area contributed by atoms with E-state index >= 15 is 0 Å². The molecule has 21 heavy (non-hydrogen) atoms. The first-order valence-electron chi connectivity index (χ1n) is 6.15. The van der Waals surface area contributed by atoms with Crippen molar-refractivity contribution < 1.29 is 8.42 Å². The molecule has 0 saturated heterocycles. The van der Waals surface area contributed by atoms with Crippen molar-refractivity contribution in [1.82, 2.24) is 14.5 Å². The van der Waals surface area contributed by atoms with Crippen LogP contribution in [0.25, 0.3) is 0 Å². The van der Waals surface area contributed by atoms with E-state index in [1.807, 2.05) is 0 Å². The van der Waals surface area contributed by atoms with Gasteiger partial charge in [-0.25, -0.2) is 17.8 Å². The van der Waals surface area contributed by atoms with Crippen LogP contribution >= 0.6 is 11.6 Å². The Hall–Kier alpha value is -1.38. The van der Waals surface area contributed by atoms with Gasteiger partial charge in [-0.2, -0.15) is 5.10 Å². The van der Waals surface area contributed by atoms with Crippen molar-refractivity contribution in [3.8, 4) is 0 Å². The Morgan fingerprint density at radius 1 is 1.52 bits per heavy atom. The predicted molar refractivity (Wildman–Crippen MR) is 84.3 cm³/mol. The molecule has 7 nitrogen and oxygen atoms in total. The van der Waals surface area contributed by atoms with Crippen LogP contribution in [-0.2, 0) is 16.6 Å². The zero-order valence-corrected chi connectivity index (χ0v) is 13.8. The lowest BCUT2D eigenvalue weighted by atomic mass is 10.1. The zero-order chi connectivity index (χ0) is 16.3. The maximum Gasteiger partial charge on any atom is 0.287 e. The summed E-state index contributed by atoms with van der Waals surface area (Å²) in [7, 11) is -3.33. The van der Waals surface area contributed by atoms with Crippen LogP contribution in [0.1, 0.15) is 13.8 Å². The van der Waals surface area contributed by atoms with Crippen LogP contribution < -0.4 is 15.6 Å². The molecule has 0 amide bonds. The van der Waals surface area contributed by atoms with Crippen molar-refractivity contribution in [3.05, 3.63) is 34.2 Å². The fraction of sp³-hybridized carbons (Fsp3) is 0.500. The van der Waals surface area contributed by atoms with Crippen LogP contribution in [0.15, 0.2) is 23.6 Å². The lowest BCUT2D eigenvalue weighted by Crippen LogP contribution is -2.47. The second-order valence-corrected chi connectivity index (χ2v) is 7.39. The van der Waals surface area contributed by atoms with Crippen molar-refractivity contribution in [1.29, 1.82) is 0 Å². The molecule has 0 aliphatic heterocycles. The van der Waals surface area contributed by atoms with Gasteiger partial charge in [-0.3, -0.25) is 4.79 Å². The summed E-state index contributed by atoms with van der Waals surface area (Å²) in [5.74, 6) is 0. The quantitative estimate of drug-likeness (QED) is 0.720. The first kappa shape index (κ1) is 17.7. The Morgan fingerprint density at radius 3 is 2.67 bits per heavy atom. The minimum Gasteiger partial charge on any atom is -0.381 e. The van der Waals surface area contributed by atoms with Crippen LogP contribution in [0.3, 0.4) is 0 Å². The number of aromatic nitrogens is 2. The normalized spacial score (nSPS) is 12.2. The van der Waals surface area contributed by atoms with Crippen molar-refractivity contribution in [3.63, 3.8) is 0 Å². The molecule has 0 unspecified atom stereocenters. The van der Waals surface area contributed by atoms with Crippen molar-refractivity contribution in [2.45, 2.75) is 25.9 Å². The van der Waals surface area contributed by atoms with Crippen molar-refractivity contribution in [2.24, 2.45) is 0 Å². The molecule has 0 aliphatic rings. The van der Waals surface area contributed by atoms with Crippen LogP contribution in [0.2, 0.25) is 5.02 Å². The van der Waals surface area contributed by atoms with Crippen LogP contribution in [0, 0.1) is 0 Å². The Morgan fingerprint density at radius 2 is 2.14 bits per heavy atom. The van der Waals surface area contributed by atoms with Gasteiger partial charge in [0.15, 0.2) is 0 Å². The van der Waals surface area contributed by atoms with E-state index in [-0.39, 0.29) is 18.1 Å². The topological polar surface area (TPSA) is 93.1 Å². The zero-order valence-electron chi connectivity index (χ0n) is 12.2. The van der Waals surface area contributed by atoms with Crippen LogP contribution in [-0.4, -0.2) is 36.5 Å². The maximum absolute atomic E-state index is 11.9. The first-order valence-corrected chi connectivity index (χ1v) is 8.42. The standard InChI is InChI=1S/C12H19ClN4O3S/c1-5-6-17-11(18)10(13)9(7-15-17)14-8-12(2,3)16-21(4,19)20/h5,7,14,16H,1,6,8H2,2-4H3. The van der Waals surface area contributed by atoms with Crippen molar-refractivity contribution in [2.75, 3.05) is 18.1 Å². The molecule has 0 bridgehead atoms. The number of hydrogen-bond donors (Lipinski definition) is 2. The number of sulfonamides is 1. The molecule has 1 aromatic rings. The molecule has 1 aromatic heterocycles. The number of hydrogen-bond acceptors (Lipinski definition) is 5. The number of nitrogens with one attached hydrogen (secondary N) is 2. The third-order valence-electron chi connectivity index (χ3n) is 2.47. The molecule has 2 N–H and O–H groups in total. The summed E-state index contributed by atoms with van der Waals surface area (Å²) >= 11 is 5.99. The predicted octanol–water partition coefficient (Wildman–Crippen LogP) is 0.822. The second-order valence-electron chi connectivity index (χ2n) is 5.26. The maximum atomic E-state index is 11.9. The van der Waals surface area contributed by atoms with Gasteiger partial charge in [0.1, 0.15) is 5.02 Å². The van der Waals surface area contributed by atoms with E-state index in [4.69, 9.17) is 11.6 Å². The Kier molecular flexibility index (Phi) is 5.54. The summed E-state index contributed by atoms with van der Waals surface area (Å²) in [5.41, 5.74) is -0.826. The average molecular weight is 335 g/mol. The highest BCUT2D eigenvalue weighted by atomic mass is 35.5. The van der Waals surface area contributed by atoms with Gasteiger partial charge in [-0.15, -0.1) is 6.58 Å². The van der Waals surface area contributed by atoms with E-state index in [1.165, 1.54) is 17.0 Å². The fourth-order valence-corrected chi connectivity index (χ4v) is 2.98. The Bertz CT molecular complexity index is 682. The van der Waals surface area contributed by atoms with E-state index in [1.54, 1.807) is 13.8 Å². The number of anilines is 1. The molecular weight excluding hydrogens is 316 g/mol. The molecule has 0 fully saturated rings. The fourth-order valence-electron chi connectivity index (χ4n) is 1.69. The summed E-state index contributed by atoms with van der Waals surface area (Å²) in [4.78, 5) is 11.9. The Balaban J connectivity index is 2.88. The minimum absolute atomic E-state index is 0.00186. The van der Waals surface area contributed by atoms with Gasteiger partial charge in [0.05, 0.1) is 24.7 Å². The van der Waals surface area contributed by atoms with Gasteiger partial charge in [0.25, 0.3) is 5.56 Å². The molecule has 118 valence electrons. The third kappa shape index (κ3) is 5.49. The number of rotatable bonds is 7. The number of nitrogens with zero attached hydrogens (tertiary/aromatic N) is 2. The summed E-state index contributed by atoms with van der Waals surface area (Å²) in [6, 6.07) is 0. The molecule has 0 aliphatic carbocycles. The van der Waals surface area contributed by atoms with Gasteiger partial charge in [0.2, 0.25) is 10.0 Å². The van der Waals surface area contributed by atoms with Crippen LogP contribution in [0.4, 0.5) is 5.69 Å². The lowest BCUT2D eigenvalue weighted by Gasteiger charge is -2.26. The van der Waals surface area contributed by atoms with Gasteiger partial charge in [0, 0.05) is 12.1 Å². The minimum atomic E-state index is -3.33. The van der Waals surface area contributed by atoms with E-state index in [9.17, 15) is 13.2 Å². The first-order chi connectivity index (χ1) is 9.56. The van der Waals surface area contributed by atoms with E-state index in [0.29, 0.717) is 5.69 Å².